The van der Waals surface area contributed by atoms with Crippen LogP contribution in [0.5, 0.6) is 0 Å². The van der Waals surface area contributed by atoms with E-state index in [0.717, 1.165) is 31.0 Å². The lowest BCUT2D eigenvalue weighted by Crippen LogP contribution is -2.53. The number of nitrogens with zero attached hydrogens (tertiary/aromatic N) is 2. The van der Waals surface area contributed by atoms with Crippen LogP contribution in [0.2, 0.25) is 0 Å². The van der Waals surface area contributed by atoms with Gasteiger partial charge in [0.1, 0.15) is 29.3 Å². The fraction of sp³-hybridized carbons (Fsp3) is 0.476. The van der Waals surface area contributed by atoms with E-state index in [1.807, 2.05) is 0 Å². The van der Waals surface area contributed by atoms with Crippen molar-refractivity contribution in [2.24, 2.45) is 5.92 Å². The van der Waals surface area contributed by atoms with Crippen LogP contribution in [0.15, 0.2) is 18.2 Å². The Morgan fingerprint density at radius 1 is 1.09 bits per heavy atom. The van der Waals surface area contributed by atoms with Gasteiger partial charge in [-0.1, -0.05) is 6.92 Å². The molecule has 2 aliphatic heterocycles. The van der Waals surface area contributed by atoms with Crippen LogP contribution in [0.3, 0.4) is 0 Å². The molecule has 2 heterocycles. The summed E-state index contributed by atoms with van der Waals surface area (Å²) in [6, 6.07) is 0.675. The van der Waals surface area contributed by atoms with Gasteiger partial charge < -0.3 is 10.6 Å². The zero-order valence-electron chi connectivity index (χ0n) is 18.0. The molecule has 0 aromatic heterocycles. The van der Waals surface area contributed by atoms with E-state index in [0.29, 0.717) is 28.7 Å². The molecule has 176 valence electrons. The van der Waals surface area contributed by atoms with Gasteiger partial charge >= 0.3 is 12.1 Å². The van der Waals surface area contributed by atoms with E-state index in [1.54, 1.807) is 0 Å². The van der Waals surface area contributed by atoms with Crippen LogP contribution >= 0.6 is 0 Å². The first-order valence-corrected chi connectivity index (χ1v) is 10.5. The lowest BCUT2D eigenvalue weighted by Gasteiger charge is -2.33. The number of imide groups is 2. The Labute approximate surface area is 187 Å². The van der Waals surface area contributed by atoms with Crippen molar-refractivity contribution in [1.82, 2.24) is 26.0 Å². The van der Waals surface area contributed by atoms with E-state index in [9.17, 15) is 32.8 Å². The van der Waals surface area contributed by atoms with Gasteiger partial charge in [0, 0.05) is 5.56 Å². The quantitative estimate of drug-likeness (QED) is 0.580. The first-order valence-electron chi connectivity index (χ1n) is 10.5. The van der Waals surface area contributed by atoms with Gasteiger partial charge in [0.2, 0.25) is 0 Å². The molecule has 1 spiro atoms. The molecule has 0 radical (unpaired) electrons. The third-order valence-electron chi connectivity index (χ3n) is 6.57. The van der Waals surface area contributed by atoms with Crippen LogP contribution in [0, 0.1) is 17.6 Å². The van der Waals surface area contributed by atoms with Crippen molar-refractivity contribution >= 4 is 29.8 Å². The highest BCUT2D eigenvalue weighted by Crippen LogP contribution is 2.36. The molecule has 2 saturated heterocycles. The zero-order valence-corrected chi connectivity index (χ0v) is 18.0. The fourth-order valence-corrected chi connectivity index (χ4v) is 4.52. The monoisotopic (exact) mass is 463 g/mol. The first-order chi connectivity index (χ1) is 15.5. The number of nitrogens with one attached hydrogen (secondary N) is 3. The number of hydrogen-bond donors (Lipinski definition) is 3. The maximum absolute atomic E-state index is 14.3. The van der Waals surface area contributed by atoms with Crippen molar-refractivity contribution in [3.63, 3.8) is 0 Å². The second-order valence-corrected chi connectivity index (χ2v) is 8.94. The van der Waals surface area contributed by atoms with Crippen LogP contribution < -0.4 is 16.1 Å². The number of halogens is 2. The second-order valence-electron chi connectivity index (χ2n) is 8.94. The molecule has 1 aliphatic carbocycles. The summed E-state index contributed by atoms with van der Waals surface area (Å²) in [5.74, 6) is -3.87. The van der Waals surface area contributed by atoms with Gasteiger partial charge in [-0.15, -0.1) is 0 Å². The summed E-state index contributed by atoms with van der Waals surface area (Å²) in [7, 11) is 0. The number of carbonyl (C=O) groups is 5. The molecular formula is C21H23F2N5O5. The molecule has 1 atom stereocenters. The largest absolute Gasteiger partial charge is 0.344 e. The Morgan fingerprint density at radius 2 is 1.76 bits per heavy atom. The first kappa shape index (κ1) is 22.6. The Morgan fingerprint density at radius 3 is 2.42 bits per heavy atom. The van der Waals surface area contributed by atoms with Crippen LogP contribution in [0.4, 0.5) is 18.4 Å². The molecule has 12 heteroatoms. The predicted molar refractivity (Wildman–Crippen MR) is 108 cm³/mol. The molecule has 10 nitrogen and oxygen atoms in total. The minimum Gasteiger partial charge on any atom is -0.322 e. The summed E-state index contributed by atoms with van der Waals surface area (Å²) in [4.78, 5) is 63.5. The Balaban J connectivity index is 1.46. The molecule has 3 fully saturated rings. The average Bonchev–Trinajstić information content (AvgIpc) is 3.11. The third kappa shape index (κ3) is 3.68. The van der Waals surface area contributed by atoms with Crippen molar-refractivity contribution in [3.05, 3.63) is 35.4 Å². The van der Waals surface area contributed by atoms with Gasteiger partial charge in [-0.2, -0.15) is 5.01 Å². The number of hydrogen-bond acceptors (Lipinski definition) is 5. The molecule has 3 aliphatic rings. The minimum absolute atomic E-state index is 0.397. The number of urea groups is 2. The topological polar surface area (TPSA) is 128 Å². The number of amides is 7. The molecule has 1 aromatic rings. The molecule has 4 rings (SSSR count). The van der Waals surface area contributed by atoms with Crippen LogP contribution in [0.1, 0.15) is 45.1 Å². The van der Waals surface area contributed by atoms with E-state index in [2.05, 4.69) is 23.0 Å². The second kappa shape index (κ2) is 7.78. The standard InChI is InChI=1S/C21H23F2N5O5/c1-11-5-7-21(8-6-11)17(31)28(19(33)25-21)26-15(29)10-27-16(30)20(2,24-18(27)32)13-9-12(22)3-4-14(13)23/h3-4,9,11H,5-8,10H2,1-2H3,(H,24,32)(H,25,33)(H,26,29). The maximum atomic E-state index is 14.3. The van der Waals surface area contributed by atoms with Gasteiger partial charge in [-0.25, -0.2) is 18.4 Å². The highest BCUT2D eigenvalue weighted by atomic mass is 19.1. The van der Waals surface area contributed by atoms with Crippen molar-refractivity contribution < 1.29 is 32.8 Å². The van der Waals surface area contributed by atoms with Gasteiger partial charge in [0.05, 0.1) is 0 Å². The summed E-state index contributed by atoms with van der Waals surface area (Å²) in [6.07, 6.45) is 2.36. The van der Waals surface area contributed by atoms with Gasteiger partial charge in [0.15, 0.2) is 0 Å². The van der Waals surface area contributed by atoms with E-state index < -0.39 is 64.6 Å². The molecule has 1 saturated carbocycles. The number of hydrazine groups is 1. The Bertz CT molecular complexity index is 1070. The summed E-state index contributed by atoms with van der Waals surface area (Å²) in [5.41, 5.74) is -1.27. The molecule has 7 amide bonds. The molecule has 3 N–H and O–H groups in total. The normalized spacial score (nSPS) is 29.5. The van der Waals surface area contributed by atoms with Crippen molar-refractivity contribution in [2.45, 2.75) is 50.6 Å². The van der Waals surface area contributed by atoms with Crippen LogP contribution in [0.25, 0.3) is 0 Å². The summed E-state index contributed by atoms with van der Waals surface area (Å²) >= 11 is 0. The van der Waals surface area contributed by atoms with Gasteiger partial charge in [-0.3, -0.25) is 24.7 Å². The molecule has 0 bridgehead atoms. The maximum Gasteiger partial charge on any atom is 0.344 e. The number of carbonyl (C=O) groups excluding carboxylic acids is 5. The lowest BCUT2D eigenvalue weighted by atomic mass is 9.77. The summed E-state index contributed by atoms with van der Waals surface area (Å²) < 4.78 is 27.9. The van der Waals surface area contributed by atoms with E-state index in [-0.39, 0.29) is 0 Å². The molecule has 1 aromatic carbocycles. The zero-order chi connectivity index (χ0) is 24.1. The smallest absolute Gasteiger partial charge is 0.322 e. The summed E-state index contributed by atoms with van der Waals surface area (Å²) in [6.45, 7) is 2.40. The van der Waals surface area contributed by atoms with E-state index in [4.69, 9.17) is 0 Å². The molecule has 33 heavy (non-hydrogen) atoms. The van der Waals surface area contributed by atoms with Crippen molar-refractivity contribution in [2.75, 3.05) is 6.54 Å². The van der Waals surface area contributed by atoms with Crippen molar-refractivity contribution in [3.8, 4) is 0 Å². The lowest BCUT2D eigenvalue weighted by molar-refractivity contribution is -0.141. The third-order valence-corrected chi connectivity index (χ3v) is 6.57. The van der Waals surface area contributed by atoms with Crippen LogP contribution in [-0.2, 0) is 19.9 Å². The number of benzene rings is 1. The fourth-order valence-electron chi connectivity index (χ4n) is 4.52. The Hall–Kier alpha value is -3.57. The van der Waals surface area contributed by atoms with E-state index >= 15 is 0 Å². The highest BCUT2D eigenvalue weighted by molar-refractivity contribution is 6.10. The SMILES string of the molecule is CC1CCC2(CC1)NC(=O)N(NC(=O)CN1C(=O)NC(C)(c3cc(F)ccc3F)C1=O)C2=O. The van der Waals surface area contributed by atoms with Gasteiger partial charge in [0.25, 0.3) is 17.7 Å². The predicted octanol–water partition coefficient (Wildman–Crippen LogP) is 1.26. The molecular weight excluding hydrogens is 440 g/mol. The molecule has 1 unspecified atom stereocenters. The van der Waals surface area contributed by atoms with Crippen LogP contribution in [-0.4, -0.2) is 51.8 Å². The highest BCUT2D eigenvalue weighted by Gasteiger charge is 2.54. The average molecular weight is 463 g/mol. The van der Waals surface area contributed by atoms with Gasteiger partial charge in [-0.05, 0) is 56.7 Å². The summed E-state index contributed by atoms with van der Waals surface area (Å²) in [5, 5.41) is 5.47. The Kier molecular flexibility index (Phi) is 5.33. The van der Waals surface area contributed by atoms with E-state index in [1.165, 1.54) is 6.92 Å². The minimum atomic E-state index is -1.94. The van der Waals surface area contributed by atoms with Crippen molar-refractivity contribution in [1.29, 1.82) is 0 Å². The number of rotatable bonds is 4.